The van der Waals surface area contributed by atoms with Crippen molar-refractivity contribution in [2.75, 3.05) is 23.8 Å². The van der Waals surface area contributed by atoms with Gasteiger partial charge in [0, 0.05) is 17.1 Å². The minimum Gasteiger partial charge on any atom is -0.452 e. The summed E-state index contributed by atoms with van der Waals surface area (Å²) >= 11 is 11.9. The summed E-state index contributed by atoms with van der Waals surface area (Å²) in [5.41, 5.74) is 5.83. The van der Waals surface area contributed by atoms with Crippen LogP contribution in [0.2, 0.25) is 10.0 Å². The van der Waals surface area contributed by atoms with Crippen molar-refractivity contribution in [1.82, 2.24) is 4.90 Å². The SMILES string of the molecule is Nc1c(Cl)cc(Cl)cc1C(=O)OCC(=O)N(C1CCCCC1)C1CCS(=O)(=O)C1. The number of amides is 1. The number of nitrogens with two attached hydrogens (primary N) is 1. The summed E-state index contributed by atoms with van der Waals surface area (Å²) < 4.78 is 29.1. The van der Waals surface area contributed by atoms with Crippen molar-refractivity contribution >= 4 is 50.6 Å². The van der Waals surface area contributed by atoms with Gasteiger partial charge in [0.15, 0.2) is 16.4 Å². The molecule has 1 aromatic carbocycles. The Morgan fingerprint density at radius 1 is 1.10 bits per heavy atom. The second-order valence-electron chi connectivity index (χ2n) is 7.57. The minimum absolute atomic E-state index is 0.0111. The number of hydrogen-bond donors (Lipinski definition) is 1. The Hall–Kier alpha value is -1.51. The second-order valence-corrected chi connectivity index (χ2v) is 10.6. The van der Waals surface area contributed by atoms with Gasteiger partial charge in [0.1, 0.15) is 0 Å². The molecule has 2 fully saturated rings. The zero-order valence-corrected chi connectivity index (χ0v) is 18.2. The number of anilines is 1. The van der Waals surface area contributed by atoms with E-state index in [2.05, 4.69) is 0 Å². The monoisotopic (exact) mass is 462 g/mol. The van der Waals surface area contributed by atoms with E-state index in [0.717, 1.165) is 32.1 Å². The molecule has 1 amide bonds. The molecule has 2 aliphatic rings. The van der Waals surface area contributed by atoms with Crippen molar-refractivity contribution < 1.29 is 22.7 Å². The van der Waals surface area contributed by atoms with Gasteiger partial charge in [-0.05, 0) is 31.4 Å². The molecule has 0 bridgehead atoms. The smallest absolute Gasteiger partial charge is 0.340 e. The van der Waals surface area contributed by atoms with Gasteiger partial charge in [0.25, 0.3) is 5.91 Å². The van der Waals surface area contributed by atoms with Gasteiger partial charge < -0.3 is 15.4 Å². The molecule has 160 valence electrons. The molecule has 1 saturated carbocycles. The molecular formula is C19H24Cl2N2O5S. The first kappa shape index (κ1) is 22.2. The van der Waals surface area contributed by atoms with Crippen LogP contribution in [0.3, 0.4) is 0 Å². The van der Waals surface area contributed by atoms with Crippen molar-refractivity contribution in [3.8, 4) is 0 Å². The molecule has 2 N–H and O–H groups in total. The van der Waals surface area contributed by atoms with Gasteiger partial charge >= 0.3 is 5.97 Å². The van der Waals surface area contributed by atoms with Crippen LogP contribution in [0.25, 0.3) is 0 Å². The highest BCUT2D eigenvalue weighted by Gasteiger charge is 2.38. The van der Waals surface area contributed by atoms with E-state index in [4.69, 9.17) is 33.7 Å². The second kappa shape index (κ2) is 9.10. The lowest BCUT2D eigenvalue weighted by atomic mass is 9.93. The lowest BCUT2D eigenvalue weighted by molar-refractivity contribution is -0.140. The highest BCUT2D eigenvalue weighted by molar-refractivity contribution is 7.91. The molecule has 3 rings (SSSR count). The summed E-state index contributed by atoms with van der Waals surface area (Å²) in [4.78, 5) is 27.0. The molecule has 1 aliphatic carbocycles. The maximum absolute atomic E-state index is 13.0. The van der Waals surface area contributed by atoms with Gasteiger partial charge in [0.2, 0.25) is 0 Å². The number of esters is 1. The Bertz CT molecular complexity index is 900. The lowest BCUT2D eigenvalue weighted by Crippen LogP contribution is -2.50. The minimum atomic E-state index is -3.15. The van der Waals surface area contributed by atoms with Crippen molar-refractivity contribution in [3.63, 3.8) is 0 Å². The summed E-state index contributed by atoms with van der Waals surface area (Å²) in [6.45, 7) is -0.491. The van der Waals surface area contributed by atoms with Gasteiger partial charge in [-0.1, -0.05) is 42.5 Å². The molecule has 1 aliphatic heterocycles. The third kappa shape index (κ3) is 5.35. The zero-order chi connectivity index (χ0) is 21.2. The van der Waals surface area contributed by atoms with E-state index in [9.17, 15) is 18.0 Å². The zero-order valence-electron chi connectivity index (χ0n) is 15.9. The average Bonchev–Trinajstić information content (AvgIpc) is 3.03. The van der Waals surface area contributed by atoms with E-state index in [1.165, 1.54) is 12.1 Å². The summed E-state index contributed by atoms with van der Waals surface area (Å²) in [5.74, 6) is -1.16. The summed E-state index contributed by atoms with van der Waals surface area (Å²) in [6, 6.07) is 2.34. The first-order chi connectivity index (χ1) is 13.7. The highest BCUT2D eigenvalue weighted by atomic mass is 35.5. The summed E-state index contributed by atoms with van der Waals surface area (Å²) in [5, 5.41) is 0.346. The van der Waals surface area contributed by atoms with Crippen LogP contribution < -0.4 is 5.73 Å². The molecule has 10 heteroatoms. The van der Waals surface area contributed by atoms with E-state index in [0.29, 0.717) is 6.42 Å². The van der Waals surface area contributed by atoms with Crippen LogP contribution in [0, 0.1) is 0 Å². The van der Waals surface area contributed by atoms with Crippen LogP contribution in [0.1, 0.15) is 48.9 Å². The van der Waals surface area contributed by atoms with E-state index in [1.807, 2.05) is 0 Å². The number of carbonyl (C=O) groups excluding carboxylic acids is 2. The number of sulfone groups is 1. The van der Waals surface area contributed by atoms with Crippen LogP contribution in [0.4, 0.5) is 5.69 Å². The highest BCUT2D eigenvalue weighted by Crippen LogP contribution is 2.30. The molecular weight excluding hydrogens is 439 g/mol. The number of hydrogen-bond acceptors (Lipinski definition) is 6. The Morgan fingerprint density at radius 2 is 1.79 bits per heavy atom. The predicted octanol–water partition coefficient (Wildman–Crippen LogP) is 3.08. The predicted molar refractivity (Wildman–Crippen MR) is 112 cm³/mol. The third-order valence-corrected chi connectivity index (χ3v) is 7.78. The topological polar surface area (TPSA) is 107 Å². The van der Waals surface area contributed by atoms with Crippen LogP contribution in [-0.4, -0.2) is 55.4 Å². The molecule has 1 aromatic rings. The maximum Gasteiger partial charge on any atom is 0.340 e. The van der Waals surface area contributed by atoms with Crippen molar-refractivity contribution in [2.24, 2.45) is 0 Å². The number of carbonyl (C=O) groups is 2. The number of nitrogens with zero attached hydrogens (tertiary/aromatic N) is 1. The van der Waals surface area contributed by atoms with Gasteiger partial charge in [-0.2, -0.15) is 0 Å². The van der Waals surface area contributed by atoms with E-state index in [-0.39, 0.29) is 50.8 Å². The fourth-order valence-corrected chi connectivity index (χ4v) is 6.30. The van der Waals surface area contributed by atoms with Crippen molar-refractivity contribution in [3.05, 3.63) is 27.7 Å². The molecule has 0 aromatic heterocycles. The van der Waals surface area contributed by atoms with Crippen LogP contribution >= 0.6 is 23.2 Å². The van der Waals surface area contributed by atoms with Crippen LogP contribution in [-0.2, 0) is 19.4 Å². The Balaban J connectivity index is 1.72. The first-order valence-electron chi connectivity index (χ1n) is 9.61. The molecule has 0 spiro atoms. The van der Waals surface area contributed by atoms with E-state index >= 15 is 0 Å². The average molecular weight is 463 g/mol. The largest absolute Gasteiger partial charge is 0.452 e. The number of rotatable bonds is 5. The van der Waals surface area contributed by atoms with Gasteiger partial charge in [-0.25, -0.2) is 13.2 Å². The molecule has 1 saturated heterocycles. The summed E-state index contributed by atoms with van der Waals surface area (Å²) in [6.07, 6.45) is 5.15. The fourth-order valence-electron chi connectivity index (χ4n) is 4.09. The summed E-state index contributed by atoms with van der Waals surface area (Å²) in [7, 11) is -3.15. The molecule has 1 heterocycles. The van der Waals surface area contributed by atoms with Crippen molar-refractivity contribution in [1.29, 1.82) is 0 Å². The standard InChI is InChI=1S/C19H24Cl2N2O5S/c20-12-8-15(18(22)16(21)9-12)19(25)28-10-17(24)23(13-4-2-1-3-5-13)14-6-7-29(26,27)11-14/h8-9,13-14H,1-7,10-11,22H2. The number of benzene rings is 1. The first-order valence-corrected chi connectivity index (χ1v) is 12.2. The van der Waals surface area contributed by atoms with Crippen molar-refractivity contribution in [2.45, 2.75) is 50.6 Å². The van der Waals surface area contributed by atoms with Crippen LogP contribution in [0.5, 0.6) is 0 Å². The lowest BCUT2D eigenvalue weighted by Gasteiger charge is -2.38. The Morgan fingerprint density at radius 3 is 2.41 bits per heavy atom. The van der Waals surface area contributed by atoms with Gasteiger partial charge in [-0.15, -0.1) is 0 Å². The molecule has 1 atom stereocenters. The molecule has 0 radical (unpaired) electrons. The number of halogens is 2. The molecule has 29 heavy (non-hydrogen) atoms. The van der Waals surface area contributed by atoms with E-state index in [1.54, 1.807) is 4.90 Å². The van der Waals surface area contributed by atoms with Crippen LogP contribution in [0.15, 0.2) is 12.1 Å². The Labute approximate surface area is 180 Å². The molecule has 7 nitrogen and oxygen atoms in total. The van der Waals surface area contributed by atoms with Gasteiger partial charge in [0.05, 0.1) is 27.8 Å². The maximum atomic E-state index is 13.0. The fraction of sp³-hybridized carbons (Fsp3) is 0.579. The quantitative estimate of drug-likeness (QED) is 0.531. The normalized spacial score (nSPS) is 21.7. The van der Waals surface area contributed by atoms with E-state index < -0.39 is 22.4 Å². The number of ether oxygens (including phenoxy) is 1. The number of nitrogen functional groups attached to an aromatic ring is 1. The van der Waals surface area contributed by atoms with Gasteiger partial charge in [-0.3, -0.25) is 4.79 Å². The third-order valence-electron chi connectivity index (χ3n) is 5.50. The Kier molecular flexibility index (Phi) is 6.96. The molecule has 1 unspecified atom stereocenters.